The fourth-order valence-corrected chi connectivity index (χ4v) is 3.54. The molecule has 1 unspecified atom stereocenters. The zero-order valence-corrected chi connectivity index (χ0v) is 14.4. The van der Waals surface area contributed by atoms with Crippen LogP contribution in [-0.4, -0.2) is 29.9 Å². The first-order valence-electron chi connectivity index (χ1n) is 8.59. The van der Waals surface area contributed by atoms with Crippen molar-refractivity contribution in [3.05, 3.63) is 0 Å². The Kier molecular flexibility index (Phi) is 13.4. The van der Waals surface area contributed by atoms with Gasteiger partial charge in [0, 0.05) is 6.61 Å². The molecular formula is C16H34O4S. The van der Waals surface area contributed by atoms with E-state index < -0.39 is 15.4 Å². The van der Waals surface area contributed by atoms with Crippen LogP contribution < -0.4 is 0 Å². The molecule has 0 bridgehead atoms. The van der Waals surface area contributed by atoms with Crippen LogP contribution in [0.3, 0.4) is 0 Å². The molecule has 0 radical (unpaired) electrons. The topological polar surface area (TPSA) is 74.6 Å². The molecule has 0 rings (SSSR count). The molecule has 0 fully saturated rings. The van der Waals surface area contributed by atoms with Gasteiger partial charge in [-0.2, -0.15) is 8.42 Å². The standard InChI is InChI=1S/C16H34O4S/c1-2-3-4-5-6-7-8-10-13-16(21(18,19)20)14-11-9-12-15-17/h16-17H,2-15H2,1H3,(H,18,19,20). The molecule has 0 amide bonds. The van der Waals surface area contributed by atoms with Gasteiger partial charge in [-0.15, -0.1) is 0 Å². The predicted octanol–water partition coefficient (Wildman–Crippen LogP) is 4.33. The summed E-state index contributed by atoms with van der Waals surface area (Å²) in [4.78, 5) is 0. The lowest BCUT2D eigenvalue weighted by atomic mass is 10.0. The van der Waals surface area contributed by atoms with Crippen molar-refractivity contribution in [1.29, 1.82) is 0 Å². The Morgan fingerprint density at radius 1 is 0.762 bits per heavy atom. The van der Waals surface area contributed by atoms with E-state index in [-0.39, 0.29) is 6.61 Å². The summed E-state index contributed by atoms with van der Waals surface area (Å²) in [7, 11) is -3.92. The first kappa shape index (κ1) is 20.9. The minimum atomic E-state index is -3.92. The maximum atomic E-state index is 11.3. The van der Waals surface area contributed by atoms with Gasteiger partial charge in [-0.1, -0.05) is 71.1 Å². The molecule has 0 aromatic heterocycles. The van der Waals surface area contributed by atoms with Gasteiger partial charge in [0.15, 0.2) is 0 Å². The lowest BCUT2D eigenvalue weighted by molar-refractivity contribution is 0.282. The van der Waals surface area contributed by atoms with Crippen LogP contribution in [0, 0.1) is 0 Å². The van der Waals surface area contributed by atoms with Gasteiger partial charge in [-0.25, -0.2) is 0 Å². The first-order chi connectivity index (χ1) is 10.0. The van der Waals surface area contributed by atoms with E-state index in [1.54, 1.807) is 0 Å². The van der Waals surface area contributed by atoms with Gasteiger partial charge >= 0.3 is 0 Å². The summed E-state index contributed by atoms with van der Waals surface area (Å²) in [6.07, 6.45) is 12.8. The van der Waals surface area contributed by atoms with Crippen molar-refractivity contribution in [3.8, 4) is 0 Å². The van der Waals surface area contributed by atoms with Gasteiger partial charge in [0.05, 0.1) is 5.25 Å². The SMILES string of the molecule is CCCCCCCCCCC(CCCCCO)S(=O)(=O)O. The number of hydrogen-bond acceptors (Lipinski definition) is 3. The molecule has 0 aliphatic carbocycles. The molecule has 0 aromatic rings. The fourth-order valence-electron chi connectivity index (χ4n) is 2.61. The van der Waals surface area contributed by atoms with Crippen LogP contribution in [0.5, 0.6) is 0 Å². The van der Waals surface area contributed by atoms with E-state index in [1.165, 1.54) is 32.1 Å². The third-order valence-corrected chi connectivity index (χ3v) is 5.30. The lowest BCUT2D eigenvalue weighted by Crippen LogP contribution is -2.20. The van der Waals surface area contributed by atoms with Crippen LogP contribution in [0.4, 0.5) is 0 Å². The molecule has 0 aromatic carbocycles. The van der Waals surface area contributed by atoms with Crippen molar-refractivity contribution in [2.75, 3.05) is 6.61 Å². The molecule has 0 aliphatic rings. The van der Waals surface area contributed by atoms with Crippen molar-refractivity contribution in [2.45, 2.75) is 95.6 Å². The average molecular weight is 323 g/mol. The van der Waals surface area contributed by atoms with Crippen molar-refractivity contribution in [3.63, 3.8) is 0 Å². The van der Waals surface area contributed by atoms with Crippen LogP contribution in [0.25, 0.3) is 0 Å². The Labute approximate surface area is 131 Å². The first-order valence-corrected chi connectivity index (χ1v) is 10.1. The highest BCUT2D eigenvalue weighted by Gasteiger charge is 2.21. The molecule has 5 heteroatoms. The third-order valence-electron chi connectivity index (χ3n) is 3.99. The Balaban J connectivity index is 3.72. The van der Waals surface area contributed by atoms with Gasteiger partial charge in [-0.3, -0.25) is 4.55 Å². The van der Waals surface area contributed by atoms with E-state index in [9.17, 15) is 13.0 Å². The maximum absolute atomic E-state index is 11.3. The molecule has 128 valence electrons. The van der Waals surface area contributed by atoms with Crippen molar-refractivity contribution < 1.29 is 18.1 Å². The summed E-state index contributed by atoms with van der Waals surface area (Å²) in [5, 5.41) is 8.09. The summed E-state index contributed by atoms with van der Waals surface area (Å²) in [5.74, 6) is 0. The summed E-state index contributed by atoms with van der Waals surface area (Å²) in [6, 6.07) is 0. The summed E-state index contributed by atoms with van der Waals surface area (Å²) >= 11 is 0. The zero-order valence-electron chi connectivity index (χ0n) is 13.6. The van der Waals surface area contributed by atoms with Crippen molar-refractivity contribution >= 4 is 10.1 Å². The molecule has 0 saturated carbocycles. The molecule has 2 N–H and O–H groups in total. The highest BCUT2D eigenvalue weighted by molar-refractivity contribution is 7.86. The third kappa shape index (κ3) is 13.3. The van der Waals surface area contributed by atoms with Crippen LogP contribution in [-0.2, 0) is 10.1 Å². The van der Waals surface area contributed by atoms with E-state index in [2.05, 4.69) is 6.92 Å². The van der Waals surface area contributed by atoms with Gasteiger partial charge in [0.25, 0.3) is 10.1 Å². The molecule has 0 heterocycles. The van der Waals surface area contributed by atoms with Crippen LogP contribution in [0.2, 0.25) is 0 Å². The second-order valence-electron chi connectivity index (χ2n) is 5.97. The second kappa shape index (κ2) is 13.5. The van der Waals surface area contributed by atoms with Crippen molar-refractivity contribution in [1.82, 2.24) is 0 Å². The lowest BCUT2D eigenvalue weighted by Gasteiger charge is -2.13. The summed E-state index contributed by atoms with van der Waals surface area (Å²) in [6.45, 7) is 2.35. The maximum Gasteiger partial charge on any atom is 0.267 e. The van der Waals surface area contributed by atoms with Gasteiger partial charge < -0.3 is 5.11 Å². The smallest absolute Gasteiger partial charge is 0.267 e. The molecule has 4 nitrogen and oxygen atoms in total. The molecule has 21 heavy (non-hydrogen) atoms. The minimum absolute atomic E-state index is 0.147. The molecular weight excluding hydrogens is 288 g/mol. The number of aliphatic hydroxyl groups excluding tert-OH is 1. The van der Waals surface area contributed by atoms with Gasteiger partial charge in [-0.05, 0) is 19.3 Å². The highest BCUT2D eigenvalue weighted by atomic mass is 32.2. The predicted molar refractivity (Wildman–Crippen MR) is 88.1 cm³/mol. The van der Waals surface area contributed by atoms with Crippen LogP contribution in [0.15, 0.2) is 0 Å². The Morgan fingerprint density at radius 2 is 1.19 bits per heavy atom. The summed E-state index contributed by atoms with van der Waals surface area (Å²) in [5.41, 5.74) is 0. The molecule has 0 spiro atoms. The van der Waals surface area contributed by atoms with E-state index in [1.807, 2.05) is 0 Å². The number of hydrogen-bond donors (Lipinski definition) is 2. The van der Waals surface area contributed by atoms with Gasteiger partial charge in [0.1, 0.15) is 0 Å². The molecule has 1 atom stereocenters. The molecule has 0 saturated heterocycles. The van der Waals surface area contributed by atoms with E-state index in [0.717, 1.165) is 32.1 Å². The summed E-state index contributed by atoms with van der Waals surface area (Å²) < 4.78 is 31.9. The fraction of sp³-hybridized carbons (Fsp3) is 1.00. The Morgan fingerprint density at radius 3 is 1.62 bits per heavy atom. The Hall–Kier alpha value is -0.130. The van der Waals surface area contributed by atoms with Gasteiger partial charge in [0.2, 0.25) is 0 Å². The Bertz CT molecular complexity index is 314. The monoisotopic (exact) mass is 322 g/mol. The van der Waals surface area contributed by atoms with Crippen LogP contribution >= 0.6 is 0 Å². The van der Waals surface area contributed by atoms with Crippen LogP contribution in [0.1, 0.15) is 90.4 Å². The number of aliphatic hydroxyl groups is 1. The largest absolute Gasteiger partial charge is 0.396 e. The van der Waals surface area contributed by atoms with E-state index in [0.29, 0.717) is 19.3 Å². The average Bonchev–Trinajstić information content (AvgIpc) is 2.42. The zero-order chi connectivity index (χ0) is 16.0. The molecule has 0 aliphatic heterocycles. The second-order valence-corrected chi connectivity index (χ2v) is 7.67. The van der Waals surface area contributed by atoms with E-state index >= 15 is 0 Å². The quantitative estimate of drug-likeness (QED) is 0.348. The van der Waals surface area contributed by atoms with E-state index in [4.69, 9.17) is 5.11 Å². The number of unbranched alkanes of at least 4 members (excludes halogenated alkanes) is 9. The van der Waals surface area contributed by atoms with Crippen molar-refractivity contribution in [2.24, 2.45) is 0 Å². The number of rotatable bonds is 15. The minimum Gasteiger partial charge on any atom is -0.396 e. The normalized spacial score (nSPS) is 13.5. The highest BCUT2D eigenvalue weighted by Crippen LogP contribution is 2.18.